The average molecular weight is 324 g/mol. The van der Waals surface area contributed by atoms with Gasteiger partial charge in [0.1, 0.15) is 0 Å². The van der Waals surface area contributed by atoms with Crippen LogP contribution in [0.3, 0.4) is 0 Å². The lowest BCUT2D eigenvalue weighted by Crippen LogP contribution is -2.48. The van der Waals surface area contributed by atoms with E-state index in [4.69, 9.17) is 0 Å². The Bertz CT molecular complexity index is 568. The molecule has 2 aliphatic rings. The lowest BCUT2D eigenvalue weighted by Gasteiger charge is -2.13. The highest BCUT2D eigenvalue weighted by Gasteiger charge is 2.33. The Kier molecular flexibility index (Phi) is 4.05. The standard InChI is InChI=1S/C10H16N2O6S2/c13-9(11-7-1-3-19(15,16)5-7)10(14)12-8-2-4-20(17,18)6-8/h7-8H,1-6H2,(H,11,13)(H,12,14)/t7-,8+. The maximum absolute atomic E-state index is 11.6. The molecule has 0 aromatic rings. The average Bonchev–Trinajstić information content (AvgIpc) is 2.81. The number of sulfone groups is 2. The minimum Gasteiger partial charge on any atom is -0.344 e. The van der Waals surface area contributed by atoms with Gasteiger partial charge in [0.05, 0.1) is 23.0 Å². The summed E-state index contributed by atoms with van der Waals surface area (Å²) in [6.07, 6.45) is 0.582. The van der Waals surface area contributed by atoms with E-state index in [1.165, 1.54) is 0 Å². The molecule has 0 bridgehead atoms. The monoisotopic (exact) mass is 324 g/mol. The summed E-state index contributed by atoms with van der Waals surface area (Å²) in [6, 6.07) is -1.10. The summed E-state index contributed by atoms with van der Waals surface area (Å²) in [5, 5.41) is 4.70. The molecule has 0 radical (unpaired) electrons. The maximum Gasteiger partial charge on any atom is 0.309 e. The summed E-state index contributed by atoms with van der Waals surface area (Å²) in [6.45, 7) is 0. The molecule has 114 valence electrons. The molecule has 0 aliphatic carbocycles. The molecule has 0 aromatic heterocycles. The van der Waals surface area contributed by atoms with Gasteiger partial charge in [-0.1, -0.05) is 0 Å². The predicted molar refractivity (Wildman–Crippen MR) is 70.4 cm³/mol. The highest BCUT2D eigenvalue weighted by atomic mass is 32.2. The second-order valence-corrected chi connectivity index (χ2v) is 9.60. The van der Waals surface area contributed by atoms with E-state index in [0.29, 0.717) is 12.8 Å². The van der Waals surface area contributed by atoms with Crippen LogP contribution in [-0.2, 0) is 29.3 Å². The van der Waals surface area contributed by atoms with Crippen molar-refractivity contribution in [2.24, 2.45) is 0 Å². The maximum atomic E-state index is 11.6. The van der Waals surface area contributed by atoms with Crippen molar-refractivity contribution in [3.8, 4) is 0 Å². The Morgan fingerprint density at radius 3 is 1.35 bits per heavy atom. The molecular formula is C10H16N2O6S2. The lowest BCUT2D eigenvalue weighted by molar-refractivity contribution is -0.139. The van der Waals surface area contributed by atoms with Crippen LogP contribution in [0.15, 0.2) is 0 Å². The predicted octanol–water partition coefficient (Wildman–Crippen LogP) is -2.41. The number of rotatable bonds is 2. The Labute approximate surface area is 117 Å². The van der Waals surface area contributed by atoms with Crippen molar-refractivity contribution in [2.45, 2.75) is 24.9 Å². The highest BCUT2D eigenvalue weighted by Crippen LogP contribution is 2.12. The van der Waals surface area contributed by atoms with Crippen molar-refractivity contribution >= 4 is 31.5 Å². The fourth-order valence-corrected chi connectivity index (χ4v) is 5.67. The molecule has 10 heteroatoms. The van der Waals surface area contributed by atoms with E-state index in [-0.39, 0.29) is 23.0 Å². The van der Waals surface area contributed by atoms with Crippen molar-refractivity contribution in [1.82, 2.24) is 10.6 Å². The van der Waals surface area contributed by atoms with Gasteiger partial charge in [-0.25, -0.2) is 16.8 Å². The van der Waals surface area contributed by atoms with Crippen molar-refractivity contribution in [2.75, 3.05) is 23.0 Å². The van der Waals surface area contributed by atoms with Crippen LogP contribution in [0.1, 0.15) is 12.8 Å². The number of nitrogens with one attached hydrogen (secondary N) is 2. The zero-order chi connectivity index (χ0) is 15.0. The number of amides is 2. The van der Waals surface area contributed by atoms with Crippen LogP contribution in [0.5, 0.6) is 0 Å². The fraction of sp³-hybridized carbons (Fsp3) is 0.800. The topological polar surface area (TPSA) is 126 Å². The Hall–Kier alpha value is -1.16. The molecule has 8 nitrogen and oxygen atoms in total. The van der Waals surface area contributed by atoms with Crippen LogP contribution in [-0.4, -0.2) is 63.7 Å². The smallest absolute Gasteiger partial charge is 0.309 e. The third kappa shape index (κ3) is 3.92. The van der Waals surface area contributed by atoms with Gasteiger partial charge in [0.2, 0.25) is 0 Å². The second kappa shape index (κ2) is 5.32. The van der Waals surface area contributed by atoms with Crippen LogP contribution in [0.25, 0.3) is 0 Å². The largest absolute Gasteiger partial charge is 0.344 e. The van der Waals surface area contributed by atoms with Gasteiger partial charge in [-0.15, -0.1) is 0 Å². The summed E-state index contributed by atoms with van der Waals surface area (Å²) in [5.41, 5.74) is 0. The summed E-state index contributed by atoms with van der Waals surface area (Å²) in [5.74, 6) is -2.16. The molecule has 2 fully saturated rings. The molecule has 0 aromatic carbocycles. The molecule has 2 atom stereocenters. The van der Waals surface area contributed by atoms with Gasteiger partial charge in [0.15, 0.2) is 19.7 Å². The second-order valence-electron chi connectivity index (χ2n) is 5.15. The summed E-state index contributed by atoms with van der Waals surface area (Å²) in [7, 11) is -6.26. The van der Waals surface area contributed by atoms with Crippen LogP contribution in [0.4, 0.5) is 0 Å². The van der Waals surface area contributed by atoms with Crippen LogP contribution in [0, 0.1) is 0 Å². The van der Waals surface area contributed by atoms with Gasteiger partial charge < -0.3 is 10.6 Å². The van der Waals surface area contributed by atoms with Crippen LogP contribution in [0.2, 0.25) is 0 Å². The molecule has 2 aliphatic heterocycles. The molecule has 2 saturated heterocycles. The molecule has 2 heterocycles. The van der Waals surface area contributed by atoms with Gasteiger partial charge in [0, 0.05) is 12.1 Å². The number of carbonyl (C=O) groups is 2. The van der Waals surface area contributed by atoms with E-state index in [1.54, 1.807) is 0 Å². The zero-order valence-corrected chi connectivity index (χ0v) is 12.3. The van der Waals surface area contributed by atoms with E-state index in [2.05, 4.69) is 10.6 Å². The normalized spacial score (nSPS) is 30.8. The van der Waals surface area contributed by atoms with Crippen molar-refractivity contribution in [1.29, 1.82) is 0 Å². The molecule has 0 saturated carbocycles. The Balaban J connectivity index is 1.83. The quantitative estimate of drug-likeness (QED) is 0.545. The van der Waals surface area contributed by atoms with Gasteiger partial charge >= 0.3 is 11.8 Å². The first-order valence-electron chi connectivity index (χ1n) is 6.19. The Morgan fingerprint density at radius 1 is 0.750 bits per heavy atom. The third-order valence-corrected chi connectivity index (χ3v) is 6.88. The highest BCUT2D eigenvalue weighted by molar-refractivity contribution is 7.91. The molecule has 20 heavy (non-hydrogen) atoms. The number of carbonyl (C=O) groups excluding carboxylic acids is 2. The molecule has 2 amide bonds. The van der Waals surface area contributed by atoms with E-state index in [1.807, 2.05) is 0 Å². The van der Waals surface area contributed by atoms with Gasteiger partial charge in [-0.2, -0.15) is 0 Å². The summed E-state index contributed by atoms with van der Waals surface area (Å²) < 4.78 is 44.9. The minimum atomic E-state index is -3.13. The van der Waals surface area contributed by atoms with Gasteiger partial charge in [0.25, 0.3) is 0 Å². The first-order valence-corrected chi connectivity index (χ1v) is 9.83. The SMILES string of the molecule is O=C(N[C@@H]1CCS(=O)(=O)C1)C(=O)N[C@H]1CCS(=O)(=O)C1. The van der Waals surface area contributed by atoms with Gasteiger partial charge in [-0.05, 0) is 12.8 Å². The molecule has 2 rings (SSSR count). The van der Waals surface area contributed by atoms with Crippen molar-refractivity contribution in [3.63, 3.8) is 0 Å². The van der Waals surface area contributed by atoms with E-state index in [9.17, 15) is 26.4 Å². The van der Waals surface area contributed by atoms with E-state index >= 15 is 0 Å². The number of hydrogen-bond acceptors (Lipinski definition) is 6. The summed E-state index contributed by atoms with van der Waals surface area (Å²) in [4.78, 5) is 23.2. The van der Waals surface area contributed by atoms with Crippen LogP contribution >= 0.6 is 0 Å². The summed E-state index contributed by atoms with van der Waals surface area (Å²) >= 11 is 0. The Morgan fingerprint density at radius 2 is 1.10 bits per heavy atom. The number of hydrogen-bond donors (Lipinski definition) is 2. The van der Waals surface area contributed by atoms with E-state index in [0.717, 1.165) is 0 Å². The van der Waals surface area contributed by atoms with E-state index < -0.39 is 43.6 Å². The molecule has 0 unspecified atom stereocenters. The first kappa shape index (κ1) is 15.2. The first-order chi connectivity index (χ1) is 9.17. The van der Waals surface area contributed by atoms with Crippen molar-refractivity contribution < 1.29 is 26.4 Å². The van der Waals surface area contributed by atoms with Crippen molar-refractivity contribution in [3.05, 3.63) is 0 Å². The molecule has 0 spiro atoms. The lowest BCUT2D eigenvalue weighted by atomic mass is 10.2. The molecular weight excluding hydrogens is 308 g/mol. The zero-order valence-electron chi connectivity index (χ0n) is 10.7. The third-order valence-electron chi connectivity index (χ3n) is 3.34. The van der Waals surface area contributed by atoms with Crippen LogP contribution < -0.4 is 10.6 Å². The van der Waals surface area contributed by atoms with Gasteiger partial charge in [-0.3, -0.25) is 9.59 Å². The minimum absolute atomic E-state index is 0.000431. The molecule has 2 N–H and O–H groups in total. The fourth-order valence-electron chi connectivity index (χ4n) is 2.32.